The van der Waals surface area contributed by atoms with Crippen LogP contribution in [-0.4, -0.2) is 45.9 Å². The summed E-state index contributed by atoms with van der Waals surface area (Å²) in [5.41, 5.74) is -0.0299. The molecule has 1 fully saturated rings. The van der Waals surface area contributed by atoms with E-state index in [-0.39, 0.29) is 30.0 Å². The zero-order valence-electron chi connectivity index (χ0n) is 14.5. The largest absolute Gasteiger partial charge is 0.396 e. The minimum atomic E-state index is -0.292. The summed E-state index contributed by atoms with van der Waals surface area (Å²) < 4.78 is 5.22. The van der Waals surface area contributed by atoms with Crippen LogP contribution in [0.5, 0.6) is 0 Å². The topological polar surface area (TPSA) is 91.5 Å². The number of carbonyl (C=O) groups is 1. The lowest BCUT2D eigenvalue weighted by molar-refractivity contribution is 0.0509. The normalized spacial score (nSPS) is 19.0. The number of aryl methyl sites for hydroxylation is 1. The number of rotatable bonds is 5. The van der Waals surface area contributed by atoms with Crippen molar-refractivity contribution in [1.82, 2.24) is 20.4 Å². The Bertz CT molecular complexity index is 515. The lowest BCUT2D eigenvalue weighted by Gasteiger charge is -2.40. The van der Waals surface area contributed by atoms with Gasteiger partial charge in [-0.1, -0.05) is 25.9 Å². The molecule has 0 bridgehead atoms. The summed E-state index contributed by atoms with van der Waals surface area (Å²) in [6.07, 6.45) is 2.60. The fourth-order valence-corrected chi connectivity index (χ4v) is 2.98. The van der Waals surface area contributed by atoms with Crippen molar-refractivity contribution < 1.29 is 14.4 Å². The van der Waals surface area contributed by atoms with Gasteiger partial charge < -0.3 is 19.8 Å². The monoisotopic (exact) mass is 324 g/mol. The standard InChI is InChI=1S/C16H28N4O3/c1-5-16(10-21)6-8-20(9-7-16)15(22)18-13(11(2)3)14-17-12(4)19-23-14/h11,13,21H,5-10H2,1-4H3,(H,18,22). The maximum absolute atomic E-state index is 12.5. The highest BCUT2D eigenvalue weighted by molar-refractivity contribution is 5.74. The smallest absolute Gasteiger partial charge is 0.318 e. The molecule has 2 rings (SSSR count). The van der Waals surface area contributed by atoms with Crippen LogP contribution in [0.15, 0.2) is 4.52 Å². The van der Waals surface area contributed by atoms with E-state index >= 15 is 0 Å². The number of aliphatic hydroxyl groups is 1. The summed E-state index contributed by atoms with van der Waals surface area (Å²) in [6.45, 7) is 9.38. The van der Waals surface area contributed by atoms with Crippen LogP contribution in [0, 0.1) is 18.3 Å². The van der Waals surface area contributed by atoms with Crippen molar-refractivity contribution in [2.45, 2.75) is 53.0 Å². The molecule has 2 N–H and O–H groups in total. The van der Waals surface area contributed by atoms with Gasteiger partial charge in [0.25, 0.3) is 0 Å². The second-order valence-corrected chi connectivity index (χ2v) is 6.85. The zero-order valence-corrected chi connectivity index (χ0v) is 14.5. The number of urea groups is 1. The van der Waals surface area contributed by atoms with Crippen LogP contribution in [0.2, 0.25) is 0 Å². The van der Waals surface area contributed by atoms with Gasteiger partial charge in [-0.3, -0.25) is 0 Å². The molecule has 0 aromatic carbocycles. The molecule has 1 saturated heterocycles. The maximum atomic E-state index is 12.5. The van der Waals surface area contributed by atoms with E-state index in [1.807, 2.05) is 18.7 Å². The van der Waals surface area contributed by atoms with E-state index < -0.39 is 0 Å². The van der Waals surface area contributed by atoms with E-state index in [1.54, 1.807) is 6.92 Å². The lowest BCUT2D eigenvalue weighted by atomic mass is 9.77. The molecule has 0 saturated carbocycles. The van der Waals surface area contributed by atoms with Gasteiger partial charge in [0.2, 0.25) is 5.89 Å². The highest BCUT2D eigenvalue weighted by Gasteiger charge is 2.35. The van der Waals surface area contributed by atoms with Crippen LogP contribution < -0.4 is 5.32 Å². The second-order valence-electron chi connectivity index (χ2n) is 6.85. The summed E-state index contributed by atoms with van der Waals surface area (Å²) in [4.78, 5) is 18.6. The third kappa shape index (κ3) is 4.02. The Labute approximate surface area is 137 Å². The molecule has 0 spiro atoms. The van der Waals surface area contributed by atoms with Gasteiger partial charge in [-0.15, -0.1) is 0 Å². The van der Waals surface area contributed by atoms with E-state index in [9.17, 15) is 9.90 Å². The van der Waals surface area contributed by atoms with E-state index in [0.29, 0.717) is 24.8 Å². The van der Waals surface area contributed by atoms with Crippen LogP contribution in [0.1, 0.15) is 57.8 Å². The third-order valence-corrected chi connectivity index (χ3v) is 4.95. The van der Waals surface area contributed by atoms with Crippen LogP contribution in [0.25, 0.3) is 0 Å². The summed E-state index contributed by atoms with van der Waals surface area (Å²) in [7, 11) is 0. The highest BCUT2D eigenvalue weighted by Crippen LogP contribution is 2.34. The molecule has 1 atom stereocenters. The Morgan fingerprint density at radius 1 is 1.43 bits per heavy atom. The van der Waals surface area contributed by atoms with E-state index in [4.69, 9.17) is 4.52 Å². The van der Waals surface area contributed by atoms with Crippen LogP contribution in [-0.2, 0) is 0 Å². The molecule has 1 aliphatic heterocycles. The van der Waals surface area contributed by atoms with Gasteiger partial charge in [0, 0.05) is 19.7 Å². The summed E-state index contributed by atoms with van der Waals surface area (Å²) in [5.74, 6) is 1.16. The first kappa shape index (κ1) is 17.7. The molecule has 7 heteroatoms. The average molecular weight is 324 g/mol. The van der Waals surface area contributed by atoms with Crippen LogP contribution in [0.3, 0.4) is 0 Å². The Balaban J connectivity index is 1.98. The minimum absolute atomic E-state index is 0.0299. The van der Waals surface area contributed by atoms with E-state index in [2.05, 4.69) is 22.4 Å². The number of hydrogen-bond donors (Lipinski definition) is 2. The maximum Gasteiger partial charge on any atom is 0.318 e. The predicted molar refractivity (Wildman–Crippen MR) is 85.8 cm³/mol. The highest BCUT2D eigenvalue weighted by atomic mass is 16.5. The number of nitrogens with zero attached hydrogens (tertiary/aromatic N) is 3. The minimum Gasteiger partial charge on any atom is -0.396 e. The van der Waals surface area contributed by atoms with Crippen molar-refractivity contribution in [2.75, 3.05) is 19.7 Å². The van der Waals surface area contributed by atoms with E-state index in [0.717, 1.165) is 19.3 Å². The predicted octanol–water partition coefficient (Wildman–Crippen LogP) is 2.27. The Morgan fingerprint density at radius 2 is 2.09 bits per heavy atom. The van der Waals surface area contributed by atoms with Gasteiger partial charge in [-0.2, -0.15) is 4.98 Å². The number of likely N-dealkylation sites (tertiary alicyclic amines) is 1. The van der Waals surface area contributed by atoms with Crippen LogP contribution in [0.4, 0.5) is 4.79 Å². The molecule has 1 aliphatic rings. The van der Waals surface area contributed by atoms with Crippen molar-refractivity contribution in [3.8, 4) is 0 Å². The fraction of sp³-hybridized carbons (Fsp3) is 0.812. The molecular weight excluding hydrogens is 296 g/mol. The quantitative estimate of drug-likeness (QED) is 0.867. The van der Waals surface area contributed by atoms with Crippen LogP contribution >= 0.6 is 0 Å². The summed E-state index contributed by atoms with van der Waals surface area (Å²) >= 11 is 0. The van der Waals surface area contributed by atoms with Gasteiger partial charge in [-0.05, 0) is 37.5 Å². The third-order valence-electron chi connectivity index (χ3n) is 4.95. The molecule has 7 nitrogen and oxygen atoms in total. The number of aliphatic hydroxyl groups excluding tert-OH is 1. The van der Waals surface area contributed by atoms with Crippen molar-refractivity contribution in [3.05, 3.63) is 11.7 Å². The number of hydrogen-bond acceptors (Lipinski definition) is 5. The molecule has 0 radical (unpaired) electrons. The number of amides is 2. The van der Waals surface area contributed by atoms with Gasteiger partial charge in [-0.25, -0.2) is 4.79 Å². The Morgan fingerprint density at radius 3 is 2.52 bits per heavy atom. The van der Waals surface area contributed by atoms with Gasteiger partial charge in [0.15, 0.2) is 5.82 Å². The SMILES string of the molecule is CCC1(CO)CCN(C(=O)NC(c2nc(C)no2)C(C)C)CC1. The van der Waals surface area contributed by atoms with E-state index in [1.165, 1.54) is 0 Å². The van der Waals surface area contributed by atoms with Crippen molar-refractivity contribution in [2.24, 2.45) is 11.3 Å². The van der Waals surface area contributed by atoms with Crippen molar-refractivity contribution in [1.29, 1.82) is 0 Å². The summed E-state index contributed by atoms with van der Waals surface area (Å²) in [6, 6.07) is -0.401. The zero-order chi connectivity index (χ0) is 17.0. The molecule has 2 heterocycles. The van der Waals surface area contributed by atoms with Crippen molar-refractivity contribution in [3.63, 3.8) is 0 Å². The van der Waals surface area contributed by atoms with Gasteiger partial charge in [0.1, 0.15) is 6.04 Å². The average Bonchev–Trinajstić information content (AvgIpc) is 2.98. The molecule has 2 amide bonds. The second kappa shape index (κ2) is 7.29. The number of aromatic nitrogens is 2. The molecular formula is C16H28N4O3. The number of piperidine rings is 1. The molecule has 130 valence electrons. The lowest BCUT2D eigenvalue weighted by Crippen LogP contribution is -2.49. The fourth-order valence-electron chi connectivity index (χ4n) is 2.98. The molecule has 23 heavy (non-hydrogen) atoms. The molecule has 1 aromatic rings. The van der Waals surface area contributed by atoms with Gasteiger partial charge in [0.05, 0.1) is 0 Å². The first-order valence-electron chi connectivity index (χ1n) is 8.37. The first-order valence-corrected chi connectivity index (χ1v) is 8.37. The summed E-state index contributed by atoms with van der Waals surface area (Å²) in [5, 5.41) is 16.4. The molecule has 0 aliphatic carbocycles. The Kier molecular flexibility index (Phi) is 5.62. The molecule has 1 unspecified atom stereocenters. The van der Waals surface area contributed by atoms with Crippen molar-refractivity contribution >= 4 is 6.03 Å². The number of carbonyl (C=O) groups excluding carboxylic acids is 1. The molecule has 1 aromatic heterocycles. The first-order chi connectivity index (χ1) is 10.9. The Hall–Kier alpha value is -1.63. The van der Waals surface area contributed by atoms with Gasteiger partial charge >= 0.3 is 6.03 Å². The number of nitrogens with one attached hydrogen (secondary N) is 1.